The molecule has 1 atom stereocenters. The van der Waals surface area contributed by atoms with Gasteiger partial charge in [-0.25, -0.2) is 8.42 Å². The number of benzene rings is 1. The maximum atomic E-state index is 12.6. The normalized spacial score (nSPS) is 21.3. The predicted molar refractivity (Wildman–Crippen MR) is 81.2 cm³/mol. The zero-order valence-electron chi connectivity index (χ0n) is 12.5. The Morgan fingerprint density at radius 1 is 1.30 bits per heavy atom. The van der Waals surface area contributed by atoms with Crippen molar-refractivity contribution in [1.29, 1.82) is 0 Å². The Balaban J connectivity index is 2.14. The van der Waals surface area contributed by atoms with Crippen molar-refractivity contribution in [3.63, 3.8) is 0 Å². The SMILES string of the molecule is Cc1ccc(S(=O)(=O)N2CCNC(CC(C)C)C2)cc1. The summed E-state index contributed by atoms with van der Waals surface area (Å²) in [4.78, 5) is 0.397. The van der Waals surface area contributed by atoms with Gasteiger partial charge in [0.25, 0.3) is 0 Å². The zero-order chi connectivity index (χ0) is 14.8. The first-order chi connectivity index (χ1) is 9.39. The second-order valence-corrected chi connectivity index (χ2v) is 7.89. The number of hydrogen-bond donors (Lipinski definition) is 1. The first-order valence-corrected chi connectivity index (χ1v) is 8.64. The summed E-state index contributed by atoms with van der Waals surface area (Å²) in [6.45, 7) is 8.12. The van der Waals surface area contributed by atoms with E-state index in [0.717, 1.165) is 18.5 Å². The number of rotatable bonds is 4. The molecular weight excluding hydrogens is 272 g/mol. The van der Waals surface area contributed by atoms with E-state index in [1.54, 1.807) is 16.4 Å². The molecule has 0 aliphatic carbocycles. The van der Waals surface area contributed by atoms with Crippen molar-refractivity contribution in [2.24, 2.45) is 5.92 Å². The first kappa shape index (κ1) is 15.5. The lowest BCUT2D eigenvalue weighted by atomic mass is 10.0. The minimum atomic E-state index is -3.35. The van der Waals surface area contributed by atoms with E-state index in [1.807, 2.05) is 19.1 Å². The summed E-state index contributed by atoms with van der Waals surface area (Å²) in [6, 6.07) is 7.35. The second kappa shape index (κ2) is 6.24. The summed E-state index contributed by atoms with van der Waals surface area (Å²) in [6.07, 6.45) is 1.000. The van der Waals surface area contributed by atoms with E-state index in [9.17, 15) is 8.42 Å². The van der Waals surface area contributed by atoms with E-state index < -0.39 is 10.0 Å². The van der Waals surface area contributed by atoms with Gasteiger partial charge in [0.05, 0.1) is 4.90 Å². The van der Waals surface area contributed by atoms with Crippen molar-refractivity contribution in [2.75, 3.05) is 19.6 Å². The van der Waals surface area contributed by atoms with Crippen LogP contribution >= 0.6 is 0 Å². The highest BCUT2D eigenvalue weighted by molar-refractivity contribution is 7.89. The molecule has 1 heterocycles. The molecule has 1 aliphatic heterocycles. The monoisotopic (exact) mass is 296 g/mol. The van der Waals surface area contributed by atoms with Gasteiger partial charge < -0.3 is 5.32 Å². The van der Waals surface area contributed by atoms with E-state index in [2.05, 4.69) is 19.2 Å². The van der Waals surface area contributed by atoms with Gasteiger partial charge in [-0.1, -0.05) is 31.5 Å². The van der Waals surface area contributed by atoms with Crippen LogP contribution in [0.15, 0.2) is 29.2 Å². The predicted octanol–water partition coefficient (Wildman–Crippen LogP) is 2.00. The fourth-order valence-corrected chi connectivity index (χ4v) is 4.09. The van der Waals surface area contributed by atoms with Crippen LogP contribution in [0, 0.1) is 12.8 Å². The third kappa shape index (κ3) is 3.59. The van der Waals surface area contributed by atoms with Crippen molar-refractivity contribution < 1.29 is 8.42 Å². The Kier molecular flexibility index (Phi) is 4.83. The molecule has 1 fully saturated rings. The van der Waals surface area contributed by atoms with Gasteiger partial charge in [-0.2, -0.15) is 4.31 Å². The average Bonchev–Trinajstić information content (AvgIpc) is 2.39. The lowest BCUT2D eigenvalue weighted by Gasteiger charge is -2.33. The molecule has 0 radical (unpaired) electrons. The Morgan fingerprint density at radius 3 is 2.55 bits per heavy atom. The summed E-state index contributed by atoms with van der Waals surface area (Å²) in [5, 5.41) is 3.41. The van der Waals surface area contributed by atoms with Crippen molar-refractivity contribution >= 4 is 10.0 Å². The van der Waals surface area contributed by atoms with E-state index in [0.29, 0.717) is 23.9 Å². The van der Waals surface area contributed by atoms with Crippen LogP contribution in [0.3, 0.4) is 0 Å². The van der Waals surface area contributed by atoms with Crippen molar-refractivity contribution in [3.05, 3.63) is 29.8 Å². The minimum absolute atomic E-state index is 0.254. The van der Waals surface area contributed by atoms with Gasteiger partial charge in [-0.15, -0.1) is 0 Å². The van der Waals surface area contributed by atoms with Gasteiger partial charge >= 0.3 is 0 Å². The highest BCUT2D eigenvalue weighted by Crippen LogP contribution is 2.19. The highest BCUT2D eigenvalue weighted by Gasteiger charge is 2.30. The molecule has 2 rings (SSSR count). The first-order valence-electron chi connectivity index (χ1n) is 7.20. The highest BCUT2D eigenvalue weighted by atomic mass is 32.2. The molecular formula is C15H24N2O2S. The fourth-order valence-electron chi connectivity index (χ4n) is 2.60. The maximum absolute atomic E-state index is 12.6. The Bertz CT molecular complexity index is 537. The van der Waals surface area contributed by atoms with Crippen molar-refractivity contribution in [1.82, 2.24) is 9.62 Å². The van der Waals surface area contributed by atoms with Gasteiger partial charge in [-0.05, 0) is 31.4 Å². The zero-order valence-corrected chi connectivity index (χ0v) is 13.3. The molecule has 20 heavy (non-hydrogen) atoms. The number of sulfonamides is 1. The lowest BCUT2D eigenvalue weighted by molar-refractivity contribution is 0.272. The number of hydrogen-bond acceptors (Lipinski definition) is 3. The molecule has 0 amide bonds. The fraction of sp³-hybridized carbons (Fsp3) is 0.600. The van der Waals surface area contributed by atoms with Crippen LogP contribution in [0.2, 0.25) is 0 Å². The van der Waals surface area contributed by atoms with Crippen molar-refractivity contribution in [2.45, 2.75) is 38.1 Å². The van der Waals surface area contributed by atoms with E-state index in [-0.39, 0.29) is 6.04 Å². The van der Waals surface area contributed by atoms with E-state index >= 15 is 0 Å². The average molecular weight is 296 g/mol. The Morgan fingerprint density at radius 2 is 1.95 bits per heavy atom. The molecule has 4 nitrogen and oxygen atoms in total. The summed E-state index contributed by atoms with van der Waals surface area (Å²) in [5.74, 6) is 0.564. The van der Waals surface area contributed by atoms with Crippen LogP contribution < -0.4 is 5.32 Å². The second-order valence-electron chi connectivity index (χ2n) is 5.96. The van der Waals surface area contributed by atoms with Crippen LogP contribution in [-0.4, -0.2) is 38.4 Å². The van der Waals surface area contributed by atoms with Gasteiger partial charge in [0, 0.05) is 25.7 Å². The number of aryl methyl sites for hydroxylation is 1. The molecule has 112 valence electrons. The third-order valence-corrected chi connectivity index (χ3v) is 5.51. The van der Waals surface area contributed by atoms with Gasteiger partial charge in [0.2, 0.25) is 10.0 Å². The molecule has 0 spiro atoms. The largest absolute Gasteiger partial charge is 0.311 e. The molecule has 0 saturated carbocycles. The standard InChI is InChI=1S/C15H24N2O2S/c1-12(2)10-14-11-17(9-8-16-14)20(18,19)15-6-4-13(3)5-7-15/h4-7,12,14,16H,8-11H2,1-3H3. The maximum Gasteiger partial charge on any atom is 0.243 e. The molecule has 1 aromatic rings. The molecule has 1 unspecified atom stereocenters. The Hall–Kier alpha value is -0.910. The van der Waals surface area contributed by atoms with Gasteiger partial charge in [0.15, 0.2) is 0 Å². The molecule has 1 aromatic carbocycles. The molecule has 0 aromatic heterocycles. The summed E-state index contributed by atoms with van der Waals surface area (Å²) in [7, 11) is -3.35. The van der Waals surface area contributed by atoms with Gasteiger partial charge in [0.1, 0.15) is 0 Å². The minimum Gasteiger partial charge on any atom is -0.311 e. The number of piperazine rings is 1. The van der Waals surface area contributed by atoms with Crippen LogP contribution in [0.25, 0.3) is 0 Å². The summed E-state index contributed by atoms with van der Waals surface area (Å²) in [5.41, 5.74) is 1.07. The molecule has 0 bridgehead atoms. The molecule has 1 aliphatic rings. The smallest absolute Gasteiger partial charge is 0.243 e. The molecule has 1 N–H and O–H groups in total. The lowest BCUT2D eigenvalue weighted by Crippen LogP contribution is -2.52. The van der Waals surface area contributed by atoms with Crippen LogP contribution in [0.1, 0.15) is 25.8 Å². The summed E-state index contributed by atoms with van der Waals surface area (Å²) >= 11 is 0. The van der Waals surface area contributed by atoms with Crippen LogP contribution in [-0.2, 0) is 10.0 Å². The van der Waals surface area contributed by atoms with E-state index in [1.165, 1.54) is 0 Å². The number of nitrogens with one attached hydrogen (secondary N) is 1. The Labute approximate surface area is 122 Å². The van der Waals surface area contributed by atoms with Crippen molar-refractivity contribution in [3.8, 4) is 0 Å². The van der Waals surface area contributed by atoms with Crippen LogP contribution in [0.5, 0.6) is 0 Å². The quantitative estimate of drug-likeness (QED) is 0.924. The topological polar surface area (TPSA) is 49.4 Å². The molecule has 5 heteroatoms. The van der Waals surface area contributed by atoms with Gasteiger partial charge in [-0.3, -0.25) is 0 Å². The number of nitrogens with zero attached hydrogens (tertiary/aromatic N) is 1. The van der Waals surface area contributed by atoms with Crippen LogP contribution in [0.4, 0.5) is 0 Å². The third-order valence-electron chi connectivity index (χ3n) is 3.63. The summed E-state index contributed by atoms with van der Waals surface area (Å²) < 4.78 is 26.9. The van der Waals surface area contributed by atoms with E-state index in [4.69, 9.17) is 0 Å². The molecule has 1 saturated heterocycles.